The molecule has 0 atom stereocenters. The lowest BCUT2D eigenvalue weighted by Gasteiger charge is -2.08. The molecule has 9 heteroatoms. The summed E-state index contributed by atoms with van der Waals surface area (Å²) >= 11 is 3.64. The van der Waals surface area contributed by atoms with Crippen LogP contribution >= 0.6 is 27.7 Å². The van der Waals surface area contributed by atoms with Gasteiger partial charge in [0.05, 0.1) is 7.11 Å². The largest absolute Gasteiger partial charge is 0.504 e. The number of nitriles is 1. The van der Waals surface area contributed by atoms with Crippen LogP contribution in [0, 0.1) is 11.3 Å². The van der Waals surface area contributed by atoms with Crippen molar-refractivity contribution in [2.45, 2.75) is 10.7 Å². The first-order valence-electron chi connectivity index (χ1n) is 7.38. The van der Waals surface area contributed by atoms with E-state index in [-0.39, 0.29) is 17.1 Å². The summed E-state index contributed by atoms with van der Waals surface area (Å²) in [6.07, 6.45) is 1.34. The number of thioether (sulfide) groups is 1. The second kappa shape index (κ2) is 9.39. The Kier molecular flexibility index (Phi) is 7.21. The molecule has 0 saturated carbocycles. The number of rotatable bonds is 6. The number of methoxy groups -OCH3 is 1. The van der Waals surface area contributed by atoms with E-state index in [4.69, 9.17) is 4.74 Å². The van der Waals surface area contributed by atoms with Crippen LogP contribution in [0.3, 0.4) is 0 Å². The highest BCUT2D eigenvalue weighted by Gasteiger charge is 2.13. The summed E-state index contributed by atoms with van der Waals surface area (Å²) in [5.74, 6) is -3.09. The highest BCUT2D eigenvalue weighted by molar-refractivity contribution is 9.10. The lowest BCUT2D eigenvalue weighted by molar-refractivity contribution is -0.112. The normalized spacial score (nSPS) is 11.2. The second-order valence-corrected chi connectivity index (χ2v) is 6.99. The minimum Gasteiger partial charge on any atom is -0.504 e. The maximum absolute atomic E-state index is 12.3. The molecule has 140 valence electrons. The van der Waals surface area contributed by atoms with E-state index in [2.05, 4.69) is 21.2 Å². The molecule has 0 bridgehead atoms. The van der Waals surface area contributed by atoms with Crippen LogP contribution < -0.4 is 10.1 Å². The van der Waals surface area contributed by atoms with Crippen LogP contribution in [0.5, 0.6) is 11.5 Å². The second-order valence-electron chi connectivity index (χ2n) is 5.07. The molecule has 2 N–H and O–H groups in total. The minimum atomic E-state index is -2.53. The van der Waals surface area contributed by atoms with Crippen LogP contribution in [0.1, 0.15) is 5.56 Å². The van der Waals surface area contributed by atoms with Gasteiger partial charge in [-0.3, -0.25) is 4.79 Å². The van der Waals surface area contributed by atoms with Gasteiger partial charge in [0, 0.05) is 15.1 Å². The van der Waals surface area contributed by atoms with Crippen molar-refractivity contribution in [3.63, 3.8) is 0 Å². The zero-order chi connectivity index (χ0) is 20.0. The average Bonchev–Trinajstić information content (AvgIpc) is 2.62. The number of phenols is 1. The van der Waals surface area contributed by atoms with Crippen LogP contribution in [0.4, 0.5) is 14.5 Å². The number of hydrogen-bond acceptors (Lipinski definition) is 5. The third-order valence-electron chi connectivity index (χ3n) is 3.30. The van der Waals surface area contributed by atoms with E-state index in [0.717, 1.165) is 0 Å². The van der Waals surface area contributed by atoms with Gasteiger partial charge in [-0.1, -0.05) is 27.7 Å². The van der Waals surface area contributed by atoms with Gasteiger partial charge >= 0.3 is 0 Å². The van der Waals surface area contributed by atoms with Gasteiger partial charge in [0.25, 0.3) is 11.7 Å². The molecule has 0 heterocycles. The van der Waals surface area contributed by atoms with Crippen molar-refractivity contribution in [2.24, 2.45) is 0 Å². The van der Waals surface area contributed by atoms with Gasteiger partial charge in [-0.15, -0.1) is 0 Å². The molecule has 0 unspecified atom stereocenters. The van der Waals surface area contributed by atoms with E-state index >= 15 is 0 Å². The monoisotopic (exact) mass is 454 g/mol. The lowest BCUT2D eigenvalue weighted by atomic mass is 10.1. The van der Waals surface area contributed by atoms with Crippen LogP contribution in [0.25, 0.3) is 6.08 Å². The Labute approximate surface area is 166 Å². The molecule has 1 amide bonds. The fraction of sp³-hybridized carbons (Fsp3) is 0.111. The van der Waals surface area contributed by atoms with Gasteiger partial charge in [-0.25, -0.2) is 0 Å². The number of benzene rings is 2. The predicted molar refractivity (Wildman–Crippen MR) is 103 cm³/mol. The number of aromatic hydroxyl groups is 1. The Morgan fingerprint density at radius 2 is 2.04 bits per heavy atom. The summed E-state index contributed by atoms with van der Waals surface area (Å²) in [5.41, 5.74) is 0.636. The van der Waals surface area contributed by atoms with Crippen LogP contribution in [-0.2, 0) is 4.79 Å². The number of hydrogen-bond donors (Lipinski definition) is 2. The molecule has 0 aliphatic carbocycles. The van der Waals surface area contributed by atoms with Crippen molar-refractivity contribution >= 4 is 45.4 Å². The van der Waals surface area contributed by atoms with E-state index in [0.29, 0.717) is 32.4 Å². The first kappa shape index (κ1) is 20.7. The van der Waals surface area contributed by atoms with Crippen LogP contribution in [0.2, 0.25) is 0 Å². The molecule has 2 rings (SSSR count). The fourth-order valence-electron chi connectivity index (χ4n) is 2.05. The fourth-order valence-corrected chi connectivity index (χ4v) is 3.00. The standard InChI is InChI=1S/C18H13BrF2N2O3S/c1-26-16-7-10(14(19)8-15(16)24)6-11(9-22)17(25)23-12-2-4-13(5-3-12)27-18(20)21/h2-8,18,24H,1H3,(H,23,25). The van der Waals surface area contributed by atoms with E-state index in [1.165, 1.54) is 49.6 Å². The van der Waals surface area contributed by atoms with E-state index in [1.807, 2.05) is 6.07 Å². The smallest absolute Gasteiger partial charge is 0.288 e. The van der Waals surface area contributed by atoms with Crippen molar-refractivity contribution in [2.75, 3.05) is 12.4 Å². The summed E-state index contributed by atoms with van der Waals surface area (Å²) in [7, 11) is 1.38. The number of alkyl halides is 2. The predicted octanol–water partition coefficient (Wildman–Crippen LogP) is 5.02. The quantitative estimate of drug-likeness (QED) is 0.363. The van der Waals surface area contributed by atoms with Crippen molar-refractivity contribution in [1.29, 1.82) is 5.26 Å². The maximum Gasteiger partial charge on any atom is 0.288 e. The number of nitrogens with one attached hydrogen (secondary N) is 1. The van der Waals surface area contributed by atoms with Crippen LogP contribution in [0.15, 0.2) is 51.3 Å². The molecule has 0 saturated heterocycles. The third kappa shape index (κ3) is 5.70. The third-order valence-corrected chi connectivity index (χ3v) is 4.71. The van der Waals surface area contributed by atoms with E-state index in [1.54, 1.807) is 0 Å². The molecule has 2 aromatic carbocycles. The highest BCUT2D eigenvalue weighted by atomic mass is 79.9. The van der Waals surface area contributed by atoms with Crippen molar-refractivity contribution in [3.05, 3.63) is 52.0 Å². The number of nitrogens with zero attached hydrogens (tertiary/aromatic N) is 1. The zero-order valence-corrected chi connectivity index (χ0v) is 16.3. The molecule has 0 spiro atoms. The number of halogens is 3. The van der Waals surface area contributed by atoms with Gasteiger partial charge < -0.3 is 15.2 Å². The molecular weight excluding hydrogens is 442 g/mol. The van der Waals surface area contributed by atoms with Gasteiger partial charge in [-0.05, 0) is 48.0 Å². The van der Waals surface area contributed by atoms with Gasteiger partial charge in [0.2, 0.25) is 0 Å². The lowest BCUT2D eigenvalue weighted by Crippen LogP contribution is -2.13. The number of carbonyl (C=O) groups excluding carboxylic acids is 1. The molecular formula is C18H13BrF2N2O3S. The Morgan fingerprint density at radius 3 is 2.59 bits per heavy atom. The summed E-state index contributed by atoms with van der Waals surface area (Å²) in [6, 6.07) is 10.5. The van der Waals surface area contributed by atoms with Crippen molar-refractivity contribution < 1.29 is 23.4 Å². The molecule has 27 heavy (non-hydrogen) atoms. The molecule has 2 aromatic rings. The number of amides is 1. The number of phenolic OH excluding ortho intramolecular Hbond substituents is 1. The highest BCUT2D eigenvalue weighted by Crippen LogP contribution is 2.33. The summed E-state index contributed by atoms with van der Waals surface area (Å²) < 4.78 is 30.1. The summed E-state index contributed by atoms with van der Waals surface area (Å²) in [5, 5.41) is 21.5. The SMILES string of the molecule is COc1cc(C=C(C#N)C(=O)Nc2ccc(SC(F)F)cc2)c(Br)cc1O. The Balaban J connectivity index is 2.21. The molecule has 5 nitrogen and oxygen atoms in total. The van der Waals surface area contributed by atoms with Gasteiger partial charge in [-0.2, -0.15) is 14.0 Å². The molecule has 0 radical (unpaired) electrons. The maximum atomic E-state index is 12.3. The van der Waals surface area contributed by atoms with Gasteiger partial charge in [0.15, 0.2) is 11.5 Å². The number of ether oxygens (including phenoxy) is 1. The minimum absolute atomic E-state index is 0.0914. The topological polar surface area (TPSA) is 82.3 Å². The van der Waals surface area contributed by atoms with Crippen molar-refractivity contribution in [1.82, 2.24) is 0 Å². The Bertz CT molecular complexity index is 912. The summed E-state index contributed by atoms with van der Waals surface area (Å²) in [4.78, 5) is 12.7. The molecule has 0 aromatic heterocycles. The average molecular weight is 455 g/mol. The Morgan fingerprint density at radius 1 is 1.37 bits per heavy atom. The number of anilines is 1. The molecule has 0 fully saturated rings. The first-order chi connectivity index (χ1) is 12.8. The molecule has 0 aliphatic rings. The van der Waals surface area contributed by atoms with E-state index in [9.17, 15) is 23.9 Å². The number of carbonyl (C=O) groups is 1. The zero-order valence-electron chi connectivity index (χ0n) is 13.9. The molecule has 0 aliphatic heterocycles. The first-order valence-corrected chi connectivity index (χ1v) is 9.06. The van der Waals surface area contributed by atoms with Gasteiger partial charge in [0.1, 0.15) is 11.6 Å². The van der Waals surface area contributed by atoms with Crippen LogP contribution in [-0.4, -0.2) is 23.9 Å². The Hall–Kier alpha value is -2.57. The van der Waals surface area contributed by atoms with Crippen molar-refractivity contribution in [3.8, 4) is 17.6 Å². The van der Waals surface area contributed by atoms with E-state index < -0.39 is 11.7 Å². The summed E-state index contributed by atoms with van der Waals surface area (Å²) in [6.45, 7) is 0.